The van der Waals surface area contributed by atoms with E-state index in [2.05, 4.69) is 26.8 Å². The zero-order valence-electron chi connectivity index (χ0n) is 14.8. The highest BCUT2D eigenvalue weighted by Gasteiger charge is 2.57. The minimum Gasteiger partial charge on any atom is -0.393 e. The van der Waals surface area contributed by atoms with Gasteiger partial charge in [0.2, 0.25) is 0 Å². The molecule has 4 rings (SSSR count). The molecule has 124 valence electrons. The van der Waals surface area contributed by atoms with Crippen molar-refractivity contribution in [2.24, 2.45) is 34.5 Å². The van der Waals surface area contributed by atoms with Crippen LogP contribution in [0.4, 0.5) is 0 Å². The molecule has 22 heavy (non-hydrogen) atoms. The number of fused-ring (bicyclic) bond motifs is 5. The third kappa shape index (κ3) is 1.93. The number of hydrogen-bond donors (Lipinski definition) is 1. The van der Waals surface area contributed by atoms with Gasteiger partial charge in [-0.25, -0.2) is 0 Å². The summed E-state index contributed by atoms with van der Waals surface area (Å²) >= 11 is 0. The van der Waals surface area contributed by atoms with Crippen LogP contribution >= 0.6 is 0 Å². The summed E-state index contributed by atoms with van der Waals surface area (Å²) in [6.07, 6.45) is 14.3. The smallest absolute Gasteiger partial charge is 0.0577 e. The van der Waals surface area contributed by atoms with E-state index in [1.54, 1.807) is 5.57 Å². The molecule has 4 aliphatic rings. The van der Waals surface area contributed by atoms with Crippen molar-refractivity contribution in [2.75, 3.05) is 0 Å². The van der Waals surface area contributed by atoms with E-state index in [-0.39, 0.29) is 6.10 Å². The highest BCUT2D eigenvalue weighted by Crippen LogP contribution is 2.66. The van der Waals surface area contributed by atoms with E-state index in [9.17, 15) is 5.11 Å². The Bertz CT molecular complexity index is 480. The molecule has 0 aliphatic heterocycles. The van der Waals surface area contributed by atoms with Crippen molar-refractivity contribution >= 4 is 0 Å². The third-order valence-electron chi connectivity index (χ3n) is 8.77. The lowest BCUT2D eigenvalue weighted by Crippen LogP contribution is -2.50. The summed E-state index contributed by atoms with van der Waals surface area (Å²) in [5, 5.41) is 10.1. The molecule has 3 saturated carbocycles. The van der Waals surface area contributed by atoms with Crippen LogP contribution in [0.2, 0.25) is 0 Å². The number of aliphatic hydroxyl groups excluding tert-OH is 1. The van der Waals surface area contributed by atoms with E-state index in [4.69, 9.17) is 0 Å². The van der Waals surface area contributed by atoms with Gasteiger partial charge in [-0.1, -0.05) is 38.8 Å². The topological polar surface area (TPSA) is 20.2 Å². The fraction of sp³-hybridized carbons (Fsp3) is 0.905. The molecule has 0 unspecified atom stereocenters. The average molecular weight is 303 g/mol. The summed E-state index contributed by atoms with van der Waals surface area (Å²) in [5.41, 5.74) is 2.65. The fourth-order valence-corrected chi connectivity index (χ4v) is 7.42. The fourth-order valence-electron chi connectivity index (χ4n) is 7.42. The summed E-state index contributed by atoms with van der Waals surface area (Å²) in [5.74, 6) is 3.77. The number of allylic oxidation sites excluding steroid dienone is 1. The Morgan fingerprint density at radius 3 is 2.68 bits per heavy atom. The summed E-state index contributed by atoms with van der Waals surface area (Å²) in [4.78, 5) is 0. The van der Waals surface area contributed by atoms with E-state index >= 15 is 0 Å². The van der Waals surface area contributed by atoms with Gasteiger partial charge in [-0.05, 0) is 85.9 Å². The molecule has 0 aromatic carbocycles. The van der Waals surface area contributed by atoms with Gasteiger partial charge in [0.15, 0.2) is 0 Å². The lowest BCUT2D eigenvalue weighted by atomic mass is 9.47. The van der Waals surface area contributed by atoms with E-state index in [1.807, 2.05) is 0 Å². The molecule has 7 atom stereocenters. The normalized spacial score (nSPS) is 54.2. The molecule has 1 nitrogen and oxygen atoms in total. The zero-order valence-corrected chi connectivity index (χ0v) is 14.8. The van der Waals surface area contributed by atoms with Crippen molar-refractivity contribution in [2.45, 2.75) is 84.7 Å². The monoisotopic (exact) mass is 302 g/mol. The lowest BCUT2D eigenvalue weighted by Gasteiger charge is -2.58. The highest BCUT2D eigenvalue weighted by atomic mass is 16.3. The molecular weight excluding hydrogens is 268 g/mol. The largest absolute Gasteiger partial charge is 0.393 e. The Balaban J connectivity index is 1.66. The third-order valence-corrected chi connectivity index (χ3v) is 8.77. The van der Waals surface area contributed by atoms with Crippen LogP contribution < -0.4 is 0 Å². The first-order valence-corrected chi connectivity index (χ1v) is 9.86. The van der Waals surface area contributed by atoms with Gasteiger partial charge in [0.05, 0.1) is 6.10 Å². The lowest BCUT2D eigenvalue weighted by molar-refractivity contribution is -0.0500. The Kier molecular flexibility index (Phi) is 3.53. The second-order valence-electron chi connectivity index (χ2n) is 9.38. The Hall–Kier alpha value is -0.300. The molecule has 4 aliphatic carbocycles. The highest BCUT2D eigenvalue weighted by molar-refractivity contribution is 5.25. The van der Waals surface area contributed by atoms with Crippen molar-refractivity contribution in [1.82, 2.24) is 0 Å². The van der Waals surface area contributed by atoms with Gasteiger partial charge in [0, 0.05) is 0 Å². The van der Waals surface area contributed by atoms with Crippen LogP contribution in [0.15, 0.2) is 11.6 Å². The molecule has 0 bridgehead atoms. The first-order chi connectivity index (χ1) is 10.5. The minimum absolute atomic E-state index is 0.0688. The van der Waals surface area contributed by atoms with Crippen molar-refractivity contribution in [3.05, 3.63) is 11.6 Å². The van der Waals surface area contributed by atoms with Crippen molar-refractivity contribution < 1.29 is 5.11 Å². The maximum Gasteiger partial charge on any atom is 0.0577 e. The number of hydrogen-bond acceptors (Lipinski definition) is 1. The maximum absolute atomic E-state index is 10.1. The van der Waals surface area contributed by atoms with Crippen molar-refractivity contribution in [3.63, 3.8) is 0 Å². The quantitative estimate of drug-likeness (QED) is 0.648. The van der Waals surface area contributed by atoms with Gasteiger partial charge in [-0.3, -0.25) is 0 Å². The van der Waals surface area contributed by atoms with Crippen LogP contribution in [-0.4, -0.2) is 11.2 Å². The van der Waals surface area contributed by atoms with Crippen LogP contribution in [0, 0.1) is 34.5 Å². The molecule has 0 radical (unpaired) electrons. The van der Waals surface area contributed by atoms with Crippen molar-refractivity contribution in [1.29, 1.82) is 0 Å². The zero-order chi connectivity index (χ0) is 15.5. The van der Waals surface area contributed by atoms with Crippen LogP contribution in [0.25, 0.3) is 0 Å². The van der Waals surface area contributed by atoms with Crippen LogP contribution in [0.3, 0.4) is 0 Å². The first-order valence-electron chi connectivity index (χ1n) is 9.86. The van der Waals surface area contributed by atoms with E-state index in [0.29, 0.717) is 10.8 Å². The van der Waals surface area contributed by atoms with Gasteiger partial charge in [0.1, 0.15) is 0 Å². The summed E-state index contributed by atoms with van der Waals surface area (Å²) in [6, 6.07) is 0. The molecule has 0 aromatic rings. The van der Waals surface area contributed by atoms with Gasteiger partial charge in [0.25, 0.3) is 0 Å². The molecule has 0 heterocycles. The Labute approximate surface area is 136 Å². The number of rotatable bonds is 1. The van der Waals surface area contributed by atoms with Crippen LogP contribution in [-0.2, 0) is 0 Å². The maximum atomic E-state index is 10.1. The molecule has 0 aromatic heterocycles. The average Bonchev–Trinajstić information content (AvgIpc) is 2.84. The van der Waals surface area contributed by atoms with Crippen molar-refractivity contribution in [3.8, 4) is 0 Å². The summed E-state index contributed by atoms with van der Waals surface area (Å²) in [6.45, 7) is 7.57. The second-order valence-corrected chi connectivity index (χ2v) is 9.38. The molecular formula is C21H34O. The summed E-state index contributed by atoms with van der Waals surface area (Å²) in [7, 11) is 0. The second kappa shape index (κ2) is 5.10. The molecule has 1 N–H and O–H groups in total. The Morgan fingerprint density at radius 2 is 1.91 bits per heavy atom. The van der Waals surface area contributed by atoms with Crippen LogP contribution in [0.5, 0.6) is 0 Å². The van der Waals surface area contributed by atoms with Crippen LogP contribution in [0.1, 0.15) is 78.6 Å². The van der Waals surface area contributed by atoms with E-state index in [0.717, 1.165) is 36.5 Å². The molecule has 1 heteroatoms. The molecule has 0 amide bonds. The minimum atomic E-state index is -0.0688. The molecule has 3 fully saturated rings. The first kappa shape index (κ1) is 15.2. The number of aliphatic hydroxyl groups is 1. The van der Waals surface area contributed by atoms with E-state index < -0.39 is 0 Å². The van der Waals surface area contributed by atoms with Gasteiger partial charge < -0.3 is 5.11 Å². The van der Waals surface area contributed by atoms with Gasteiger partial charge in [-0.2, -0.15) is 0 Å². The Morgan fingerprint density at radius 1 is 1.09 bits per heavy atom. The predicted octanol–water partition coefficient (Wildman–Crippen LogP) is 5.34. The molecule has 0 spiro atoms. The predicted molar refractivity (Wildman–Crippen MR) is 91.5 cm³/mol. The standard InChI is InChI=1S/C21H34O/c1-4-14-6-8-18-17-7-5-15-13-16(22)9-11-21(15,3)19(17)10-12-20(14,18)2/h5,14,16-19,22H,4,6-13H2,1-3H3/t14-,16-,17+,18+,19+,20+,21-/m0/s1. The summed E-state index contributed by atoms with van der Waals surface area (Å²) < 4.78 is 0. The SMILES string of the molecule is CC[C@H]1CC[C@@H]2[C@H]3CC=C4C[C@@H](O)CC[C@]4(C)[C@@H]3CC[C@]12C. The van der Waals surface area contributed by atoms with Gasteiger partial charge in [-0.15, -0.1) is 0 Å². The van der Waals surface area contributed by atoms with Gasteiger partial charge >= 0.3 is 0 Å². The van der Waals surface area contributed by atoms with E-state index in [1.165, 1.54) is 44.9 Å². The molecule has 0 saturated heterocycles.